The number of amides is 2. The molecule has 2 aromatic heterocycles. The molecule has 0 aromatic carbocycles. The van der Waals surface area contributed by atoms with Gasteiger partial charge in [-0.3, -0.25) is 4.79 Å². The average molecular weight is 343 g/mol. The summed E-state index contributed by atoms with van der Waals surface area (Å²) in [6, 6.07) is 3.28. The van der Waals surface area contributed by atoms with Crippen LogP contribution >= 0.6 is 15.9 Å². The van der Waals surface area contributed by atoms with Crippen molar-refractivity contribution in [1.82, 2.24) is 15.6 Å². The van der Waals surface area contributed by atoms with Crippen molar-refractivity contribution in [2.75, 3.05) is 13.1 Å². The topological polar surface area (TPSA) is 120 Å². The fourth-order valence-electron chi connectivity index (χ4n) is 1.44. The van der Waals surface area contributed by atoms with Gasteiger partial charge in [-0.05, 0) is 28.1 Å². The highest BCUT2D eigenvalue weighted by Gasteiger charge is 2.20. The van der Waals surface area contributed by atoms with Crippen LogP contribution in [-0.2, 0) is 0 Å². The molecule has 0 atom stereocenters. The highest BCUT2D eigenvalue weighted by molar-refractivity contribution is 9.10. The third-order valence-electron chi connectivity index (χ3n) is 2.26. The number of furan rings is 1. The van der Waals surface area contributed by atoms with E-state index in [1.165, 1.54) is 0 Å². The second-order valence-electron chi connectivity index (χ2n) is 3.60. The summed E-state index contributed by atoms with van der Waals surface area (Å²) in [5.74, 6) is 0.0508. The molecule has 0 saturated carbocycles. The molecule has 20 heavy (non-hydrogen) atoms. The Morgan fingerprint density at radius 1 is 1.30 bits per heavy atom. The Balaban J connectivity index is 2.01. The molecule has 0 radical (unpaired) electrons. The summed E-state index contributed by atoms with van der Waals surface area (Å²) in [6.07, 6.45) is -0.276. The normalized spacial score (nSPS) is 10.2. The maximum Gasteiger partial charge on any atom is 0.274 e. The Morgan fingerprint density at radius 3 is 2.70 bits per heavy atom. The third kappa shape index (κ3) is 3.38. The number of carbonyl (C=O) groups excluding carboxylic acids is 2. The second kappa shape index (κ2) is 6.24. The number of halogens is 1. The van der Waals surface area contributed by atoms with Gasteiger partial charge >= 0.3 is 0 Å². The van der Waals surface area contributed by atoms with Crippen LogP contribution in [0.2, 0.25) is 0 Å². The molecule has 2 N–H and O–H groups in total. The first-order chi connectivity index (χ1) is 9.58. The fraction of sp³-hybridized carbons (Fsp3) is 0.182. The number of nitrogens with zero attached hydrogens (tertiary/aromatic N) is 1. The number of nitrogens with one attached hydrogen (secondary N) is 2. The van der Waals surface area contributed by atoms with Gasteiger partial charge in [-0.1, -0.05) is 0 Å². The van der Waals surface area contributed by atoms with E-state index in [0.29, 0.717) is 10.4 Å². The van der Waals surface area contributed by atoms with Crippen LogP contribution in [0.15, 0.2) is 32.0 Å². The molecule has 9 heteroatoms. The minimum Gasteiger partial charge on any atom is -0.530 e. The molecule has 0 aliphatic carbocycles. The highest BCUT2D eigenvalue weighted by Crippen LogP contribution is 2.27. The van der Waals surface area contributed by atoms with E-state index >= 15 is 0 Å². The van der Waals surface area contributed by atoms with E-state index in [-0.39, 0.29) is 24.5 Å². The van der Waals surface area contributed by atoms with Crippen molar-refractivity contribution in [3.05, 3.63) is 28.9 Å². The minimum atomic E-state index is -1.40. The van der Waals surface area contributed by atoms with Gasteiger partial charge in [-0.25, -0.2) is 4.98 Å². The first-order valence-corrected chi connectivity index (χ1v) is 6.29. The molecule has 0 fully saturated rings. The predicted molar refractivity (Wildman–Crippen MR) is 67.6 cm³/mol. The summed E-state index contributed by atoms with van der Waals surface area (Å²) >= 11 is 3.15. The Bertz CT molecular complexity index is 621. The van der Waals surface area contributed by atoms with Crippen LogP contribution in [-0.4, -0.2) is 30.1 Å². The van der Waals surface area contributed by atoms with Crippen LogP contribution in [0.3, 0.4) is 0 Å². The van der Waals surface area contributed by atoms with Gasteiger partial charge < -0.3 is 29.4 Å². The number of carbonyl (C=O) groups is 2. The maximum atomic E-state index is 11.9. The summed E-state index contributed by atoms with van der Waals surface area (Å²) in [7, 11) is 0. The van der Waals surface area contributed by atoms with E-state index in [4.69, 9.17) is 8.83 Å². The van der Waals surface area contributed by atoms with Crippen molar-refractivity contribution in [2.24, 2.45) is 0 Å². The fourth-order valence-corrected chi connectivity index (χ4v) is 1.75. The standard InChI is InChI=1S/C11H10BrN3O5/c12-7-2-1-6(20-7)9-8(15-5-19-9)10(16)13-3-4-14-11(17)18/h1-2,5,14H,3-4H2,(H,13,16)(H,17,18)/p-1. The zero-order valence-corrected chi connectivity index (χ0v) is 11.6. The number of hydrogen-bond donors (Lipinski definition) is 2. The average Bonchev–Trinajstić information content (AvgIpc) is 3.02. The van der Waals surface area contributed by atoms with Crippen LogP contribution in [0, 0.1) is 0 Å². The van der Waals surface area contributed by atoms with Crippen molar-refractivity contribution in [2.45, 2.75) is 0 Å². The largest absolute Gasteiger partial charge is 0.530 e. The molecule has 106 valence electrons. The molecule has 2 amide bonds. The smallest absolute Gasteiger partial charge is 0.274 e. The van der Waals surface area contributed by atoms with Crippen LogP contribution in [0.25, 0.3) is 11.5 Å². The highest BCUT2D eigenvalue weighted by atomic mass is 79.9. The van der Waals surface area contributed by atoms with Gasteiger partial charge in [0, 0.05) is 13.1 Å². The van der Waals surface area contributed by atoms with Gasteiger partial charge in [-0.2, -0.15) is 0 Å². The Hall–Kier alpha value is -2.29. The molecule has 2 heterocycles. The van der Waals surface area contributed by atoms with E-state index in [0.717, 1.165) is 6.39 Å². The van der Waals surface area contributed by atoms with Gasteiger partial charge in [0.2, 0.25) is 5.76 Å². The molecule has 0 aliphatic rings. The first kappa shape index (κ1) is 14.1. The van der Waals surface area contributed by atoms with Crippen LogP contribution < -0.4 is 15.7 Å². The minimum absolute atomic E-state index is 0.0353. The van der Waals surface area contributed by atoms with Gasteiger partial charge in [0.05, 0.1) is 0 Å². The van der Waals surface area contributed by atoms with E-state index < -0.39 is 12.0 Å². The number of rotatable bonds is 5. The summed E-state index contributed by atoms with van der Waals surface area (Å²) in [4.78, 5) is 25.8. The van der Waals surface area contributed by atoms with Crippen molar-refractivity contribution in [1.29, 1.82) is 0 Å². The summed E-state index contributed by atoms with van der Waals surface area (Å²) in [5.41, 5.74) is 0.0558. The molecule has 2 rings (SSSR count). The van der Waals surface area contributed by atoms with Crippen molar-refractivity contribution in [3.63, 3.8) is 0 Å². The van der Waals surface area contributed by atoms with Gasteiger partial charge in [-0.15, -0.1) is 0 Å². The molecule has 2 aromatic rings. The quantitative estimate of drug-likeness (QED) is 0.757. The first-order valence-electron chi connectivity index (χ1n) is 5.50. The second-order valence-corrected chi connectivity index (χ2v) is 4.39. The maximum absolute atomic E-state index is 11.9. The Kier molecular flexibility index (Phi) is 4.41. The Labute approximate surface area is 121 Å². The monoisotopic (exact) mass is 342 g/mol. The van der Waals surface area contributed by atoms with Crippen LogP contribution in [0.4, 0.5) is 4.79 Å². The molecular formula is C11H9BrN3O5-. The van der Waals surface area contributed by atoms with E-state index in [2.05, 4.69) is 26.2 Å². The Morgan fingerprint density at radius 2 is 2.05 bits per heavy atom. The molecule has 0 aliphatic heterocycles. The SMILES string of the molecule is O=C([O-])NCCNC(=O)c1ncoc1-c1ccc(Br)o1. The van der Waals surface area contributed by atoms with E-state index in [9.17, 15) is 14.7 Å². The third-order valence-corrected chi connectivity index (χ3v) is 2.69. The summed E-state index contributed by atoms with van der Waals surface area (Å²) in [5, 5.41) is 14.6. The summed E-state index contributed by atoms with van der Waals surface area (Å²) in [6.45, 7) is 0.133. The lowest BCUT2D eigenvalue weighted by molar-refractivity contribution is -0.250. The van der Waals surface area contributed by atoms with Gasteiger partial charge in [0.1, 0.15) is 6.09 Å². The number of hydrogen-bond acceptors (Lipinski definition) is 6. The number of oxazole rings is 1. The summed E-state index contributed by atoms with van der Waals surface area (Å²) < 4.78 is 10.9. The lowest BCUT2D eigenvalue weighted by Gasteiger charge is -2.07. The van der Waals surface area contributed by atoms with E-state index in [1.54, 1.807) is 12.1 Å². The van der Waals surface area contributed by atoms with E-state index in [1.807, 2.05) is 5.32 Å². The van der Waals surface area contributed by atoms with Gasteiger partial charge in [0.15, 0.2) is 22.5 Å². The molecule has 0 unspecified atom stereocenters. The number of carboxylic acid groups (broad SMARTS) is 1. The zero-order chi connectivity index (χ0) is 14.5. The van der Waals surface area contributed by atoms with Crippen LogP contribution in [0.1, 0.15) is 10.5 Å². The predicted octanol–water partition coefficient (Wildman–Crippen LogP) is 0.360. The molecule has 0 spiro atoms. The zero-order valence-electron chi connectivity index (χ0n) is 10.0. The van der Waals surface area contributed by atoms with Gasteiger partial charge in [0.25, 0.3) is 5.91 Å². The van der Waals surface area contributed by atoms with Crippen molar-refractivity contribution >= 4 is 27.9 Å². The molecular weight excluding hydrogens is 334 g/mol. The lowest BCUT2D eigenvalue weighted by Crippen LogP contribution is -2.41. The molecule has 8 nitrogen and oxygen atoms in total. The number of aromatic nitrogens is 1. The van der Waals surface area contributed by atoms with Crippen molar-refractivity contribution < 1.29 is 23.5 Å². The molecule has 0 saturated heterocycles. The van der Waals surface area contributed by atoms with Crippen molar-refractivity contribution in [3.8, 4) is 11.5 Å². The van der Waals surface area contributed by atoms with Crippen LogP contribution in [0.5, 0.6) is 0 Å². The molecule has 0 bridgehead atoms. The lowest BCUT2D eigenvalue weighted by atomic mass is 10.2.